The van der Waals surface area contributed by atoms with Gasteiger partial charge in [-0.15, -0.1) is 0 Å². The number of hydrogen-bond acceptors (Lipinski definition) is 16. The molecule has 2 aromatic rings. The summed E-state index contributed by atoms with van der Waals surface area (Å²) in [6.07, 6.45) is -0.290. The molecule has 0 aliphatic rings. The maximum Gasteiger partial charge on any atom is 0.326 e. The molecule has 28 nitrogen and oxygen atoms in total. The van der Waals surface area contributed by atoms with E-state index >= 15 is 0 Å². The predicted octanol–water partition coefficient (Wildman–Crippen LogP) is -3.31. The van der Waals surface area contributed by atoms with E-state index in [0.29, 0.717) is 12.0 Å². The largest absolute Gasteiger partial charge is 0.508 e. The van der Waals surface area contributed by atoms with Crippen LogP contribution in [0.4, 0.5) is 0 Å². The van der Waals surface area contributed by atoms with E-state index < -0.39 is 162 Å². The summed E-state index contributed by atoms with van der Waals surface area (Å²) in [6, 6.07) is -8.81. The number of imidazole rings is 1. The number of benzene rings is 1. The maximum absolute atomic E-state index is 14.1. The Morgan fingerprint density at radius 1 is 0.592 bits per heavy atom. The minimum atomic E-state index is -1.83. The van der Waals surface area contributed by atoms with E-state index in [-0.39, 0.29) is 36.6 Å². The molecular weight excluding hydrogens is 1020 g/mol. The Bertz CT molecular complexity index is 2370. The highest BCUT2D eigenvalue weighted by Gasteiger charge is 2.37. The van der Waals surface area contributed by atoms with E-state index in [0.717, 1.165) is 0 Å². The SMILES string of the molecule is CC[C@H](C)[C@H](NC(=O)[C@H](CC(C)C)NC(=O)[C@H](CC(=O)O)NC(=O)[C@@H](NC(=O)[C@H](Cc1cnc[nH]1)NC(=O)[C@H](CS)NC(=O)[C@H](CC(N)=O)NC(=O)[C@H](Cc1ccc(O)cc1)NC(=O)[C@@H](N)CC(=O)O)C(C)C)C(=O)O. The number of primary amides is 1. The number of nitrogens with zero attached hydrogens (tertiary/aromatic N) is 1. The monoisotopic (exact) mass is 1090 g/mol. The second kappa shape index (κ2) is 31.2. The lowest BCUT2D eigenvalue weighted by Gasteiger charge is -2.29. The summed E-state index contributed by atoms with van der Waals surface area (Å²) in [6.45, 7) is 9.79. The van der Waals surface area contributed by atoms with Crippen LogP contribution in [0.2, 0.25) is 0 Å². The highest BCUT2D eigenvalue weighted by molar-refractivity contribution is 7.80. The van der Waals surface area contributed by atoms with Gasteiger partial charge in [0, 0.05) is 30.5 Å². The van der Waals surface area contributed by atoms with Crippen molar-refractivity contribution in [3.63, 3.8) is 0 Å². The lowest BCUT2D eigenvalue weighted by molar-refractivity contribution is -0.144. The molecule has 9 amide bonds. The number of thiol groups is 1. The molecule has 0 unspecified atom stereocenters. The summed E-state index contributed by atoms with van der Waals surface area (Å²) in [7, 11) is 0. The molecule has 0 saturated heterocycles. The number of H-pyrrole nitrogens is 1. The third-order valence-corrected chi connectivity index (χ3v) is 11.9. The Morgan fingerprint density at radius 3 is 1.55 bits per heavy atom. The minimum Gasteiger partial charge on any atom is -0.508 e. The molecule has 0 saturated carbocycles. The van der Waals surface area contributed by atoms with Gasteiger partial charge in [-0.05, 0) is 41.9 Å². The molecule has 29 heteroatoms. The second-order valence-electron chi connectivity index (χ2n) is 18.7. The summed E-state index contributed by atoms with van der Waals surface area (Å²) in [5.74, 6) is -15.9. The van der Waals surface area contributed by atoms with Crippen molar-refractivity contribution in [2.45, 2.75) is 141 Å². The summed E-state index contributed by atoms with van der Waals surface area (Å²) in [5.41, 5.74) is 11.8. The minimum absolute atomic E-state index is 0.00631. The van der Waals surface area contributed by atoms with Gasteiger partial charge in [0.05, 0.1) is 31.6 Å². The van der Waals surface area contributed by atoms with Gasteiger partial charge in [0.2, 0.25) is 53.2 Å². The van der Waals surface area contributed by atoms with Crippen LogP contribution in [0.5, 0.6) is 5.75 Å². The highest BCUT2D eigenvalue weighted by Crippen LogP contribution is 2.14. The molecule has 1 aromatic heterocycles. The number of carboxylic acid groups (broad SMARTS) is 3. The topological polar surface area (TPSA) is 463 Å². The van der Waals surface area contributed by atoms with Gasteiger partial charge >= 0.3 is 17.9 Å². The quantitative estimate of drug-likeness (QED) is 0.0311. The van der Waals surface area contributed by atoms with Crippen LogP contribution >= 0.6 is 12.6 Å². The number of hydrogen-bond donors (Lipinski definition) is 16. The Labute approximate surface area is 442 Å². The van der Waals surface area contributed by atoms with Crippen LogP contribution in [0.15, 0.2) is 36.8 Å². The zero-order valence-electron chi connectivity index (χ0n) is 42.8. The first kappa shape index (κ1) is 64.3. The fourth-order valence-electron chi connectivity index (χ4n) is 7.23. The van der Waals surface area contributed by atoms with E-state index in [1.807, 2.05) is 0 Å². The number of carboxylic acids is 3. The number of nitrogens with two attached hydrogens (primary N) is 2. The highest BCUT2D eigenvalue weighted by atomic mass is 32.1. The Morgan fingerprint density at radius 2 is 1.05 bits per heavy atom. The van der Waals surface area contributed by atoms with Crippen LogP contribution in [0.1, 0.15) is 84.9 Å². The number of aliphatic carboxylic acids is 3. The van der Waals surface area contributed by atoms with Gasteiger partial charge in [0.1, 0.15) is 54.1 Å². The first-order chi connectivity index (χ1) is 35.6. The zero-order chi connectivity index (χ0) is 57.6. The molecule has 420 valence electrons. The van der Waals surface area contributed by atoms with Crippen LogP contribution < -0.4 is 54.0 Å². The molecule has 17 N–H and O–H groups in total. The van der Waals surface area contributed by atoms with Crippen LogP contribution in [0.25, 0.3) is 0 Å². The molecule has 1 heterocycles. The summed E-state index contributed by atoms with van der Waals surface area (Å²) in [5, 5.41) is 57.4. The Hall–Kier alpha value is -7.82. The standard InChI is InChI=1S/C47H70N12O16S/c1-7-23(6)38(47(74)75)59-43(70)28(12-21(2)3)53-42(69)32(17-36(64)65)56-46(73)37(22(4)5)58-44(71)30(14-25-18-50-20-51-25)54-45(72)33(19-76)57-41(68)31(16-34(49)61)55-40(67)29(13-24-8-10-26(60)11-9-24)52-39(66)27(48)15-35(62)63/h8-11,18,20-23,27-33,37-38,60,76H,7,12-17,19,48H2,1-6H3,(H2,49,61)(H,50,51)(H,52,66)(H,53,69)(H,54,72)(H,55,67)(H,56,73)(H,57,68)(H,58,71)(H,59,70)(H,62,63)(H,64,65)(H,74,75)/t23-,27-,28-,29-,30-,31-,32-,33-,37-,38-/m0/s1. The zero-order valence-corrected chi connectivity index (χ0v) is 43.7. The van der Waals surface area contributed by atoms with Gasteiger partial charge < -0.3 is 79.4 Å². The predicted molar refractivity (Wildman–Crippen MR) is 271 cm³/mol. The summed E-state index contributed by atoms with van der Waals surface area (Å²) < 4.78 is 0. The van der Waals surface area contributed by atoms with Crippen LogP contribution in [0.3, 0.4) is 0 Å². The molecule has 0 spiro atoms. The lowest BCUT2D eigenvalue weighted by atomic mass is 9.97. The van der Waals surface area contributed by atoms with Crippen molar-refractivity contribution in [3.8, 4) is 5.75 Å². The molecule has 10 atom stereocenters. The number of aromatic hydroxyl groups is 1. The molecule has 0 aliphatic carbocycles. The van der Waals surface area contributed by atoms with Crippen LogP contribution in [-0.2, 0) is 70.4 Å². The summed E-state index contributed by atoms with van der Waals surface area (Å²) in [4.78, 5) is 164. The number of aromatic nitrogens is 2. The van der Waals surface area contributed by atoms with E-state index in [9.17, 15) is 72.9 Å². The van der Waals surface area contributed by atoms with Crippen molar-refractivity contribution in [2.75, 3.05) is 5.75 Å². The van der Waals surface area contributed by atoms with Crippen molar-refractivity contribution in [2.24, 2.45) is 29.2 Å². The molecule has 0 fully saturated rings. The number of phenols is 1. The van der Waals surface area contributed by atoms with Gasteiger partial charge in [-0.1, -0.05) is 60.1 Å². The molecule has 1 aromatic carbocycles. The number of nitrogens with one attached hydrogen (secondary N) is 9. The van der Waals surface area contributed by atoms with Crippen molar-refractivity contribution in [1.29, 1.82) is 0 Å². The summed E-state index contributed by atoms with van der Waals surface area (Å²) >= 11 is 4.18. The Balaban J connectivity index is 2.39. The van der Waals surface area contributed by atoms with Gasteiger partial charge in [0.15, 0.2) is 0 Å². The number of carbonyl (C=O) groups is 12. The fraction of sp³-hybridized carbons (Fsp3) is 0.553. The lowest BCUT2D eigenvalue weighted by Crippen LogP contribution is -2.62. The number of amides is 9. The Kier molecular flexibility index (Phi) is 26.4. The van der Waals surface area contributed by atoms with Gasteiger partial charge in [-0.2, -0.15) is 12.6 Å². The van der Waals surface area contributed by atoms with Crippen LogP contribution in [-0.4, -0.2) is 162 Å². The van der Waals surface area contributed by atoms with E-state index in [1.54, 1.807) is 27.7 Å². The molecular formula is C47H70N12O16S. The fourth-order valence-corrected chi connectivity index (χ4v) is 7.49. The molecule has 0 aliphatic heterocycles. The van der Waals surface area contributed by atoms with Gasteiger partial charge in [0.25, 0.3) is 0 Å². The van der Waals surface area contributed by atoms with Crippen molar-refractivity contribution >= 4 is 83.7 Å². The first-order valence-corrected chi connectivity index (χ1v) is 24.7. The normalized spacial score (nSPS) is 15.1. The number of carbonyl (C=O) groups excluding carboxylic acids is 9. The third-order valence-electron chi connectivity index (χ3n) is 11.6. The van der Waals surface area contributed by atoms with Crippen LogP contribution in [0, 0.1) is 17.8 Å². The van der Waals surface area contributed by atoms with Gasteiger partial charge in [-0.25, -0.2) is 9.78 Å². The first-order valence-electron chi connectivity index (χ1n) is 24.1. The number of phenolic OH excluding ortho intramolecular Hbond substituents is 1. The van der Waals surface area contributed by atoms with Crippen molar-refractivity contribution < 1.29 is 78.0 Å². The molecule has 0 bridgehead atoms. The van der Waals surface area contributed by atoms with Crippen molar-refractivity contribution in [1.82, 2.24) is 52.5 Å². The molecule has 0 radical (unpaired) electrons. The number of rotatable bonds is 33. The average Bonchev–Trinajstić information content (AvgIpc) is 3.85. The van der Waals surface area contributed by atoms with E-state index in [1.165, 1.54) is 50.6 Å². The van der Waals surface area contributed by atoms with E-state index in [4.69, 9.17) is 16.6 Å². The van der Waals surface area contributed by atoms with Gasteiger partial charge in [-0.3, -0.25) is 52.7 Å². The third kappa shape index (κ3) is 21.9. The van der Waals surface area contributed by atoms with E-state index in [2.05, 4.69) is 65.1 Å². The maximum atomic E-state index is 14.1. The smallest absolute Gasteiger partial charge is 0.326 e. The second-order valence-corrected chi connectivity index (χ2v) is 19.1. The molecule has 76 heavy (non-hydrogen) atoms. The molecule has 2 rings (SSSR count). The average molecular weight is 1090 g/mol. The number of aromatic amines is 1. The van der Waals surface area contributed by atoms with Crippen molar-refractivity contribution in [3.05, 3.63) is 48.0 Å².